The van der Waals surface area contributed by atoms with Crippen LogP contribution in [-0.4, -0.2) is 68.4 Å². The van der Waals surface area contributed by atoms with Crippen LogP contribution in [0.4, 0.5) is 10.6 Å². The number of nitrogens with zero attached hydrogens (tertiary/aromatic N) is 6. The Kier molecular flexibility index (Phi) is 6.08. The van der Waals surface area contributed by atoms with E-state index in [4.69, 9.17) is 14.5 Å². The largest absolute Gasteiger partial charge is 0.490 e. The van der Waals surface area contributed by atoms with E-state index in [1.54, 1.807) is 15.7 Å². The maximum atomic E-state index is 13.7. The fourth-order valence-corrected chi connectivity index (χ4v) is 5.05. The molecule has 10 heteroatoms. The molecule has 0 bridgehead atoms. The van der Waals surface area contributed by atoms with Gasteiger partial charge >= 0.3 is 11.8 Å². The molecule has 0 N–H and O–H groups in total. The van der Waals surface area contributed by atoms with Crippen molar-refractivity contribution in [2.45, 2.75) is 66.0 Å². The third kappa shape index (κ3) is 4.49. The molecule has 1 fully saturated rings. The molecule has 0 aliphatic carbocycles. The van der Waals surface area contributed by atoms with Crippen LogP contribution in [0.1, 0.15) is 57.5 Å². The van der Waals surface area contributed by atoms with Gasteiger partial charge in [0.2, 0.25) is 0 Å². The van der Waals surface area contributed by atoms with Crippen LogP contribution in [0, 0.1) is 13.8 Å². The molecule has 0 aromatic carbocycles. The Morgan fingerprint density at radius 3 is 2.65 bits per heavy atom. The van der Waals surface area contributed by atoms with Crippen LogP contribution in [0.15, 0.2) is 23.1 Å². The molecule has 0 unspecified atom stereocenters. The number of aryl methyl sites for hydroxylation is 2. The lowest BCUT2D eigenvalue weighted by Crippen LogP contribution is -2.57. The van der Waals surface area contributed by atoms with Crippen molar-refractivity contribution in [2.75, 3.05) is 31.1 Å². The second kappa shape index (κ2) is 9.00. The molecule has 2 aliphatic heterocycles. The predicted molar refractivity (Wildman–Crippen MR) is 141 cm³/mol. The molecule has 1 saturated heterocycles. The topological polar surface area (TPSA) is 103 Å². The Morgan fingerprint density at radius 2 is 1.95 bits per heavy atom. The van der Waals surface area contributed by atoms with E-state index >= 15 is 0 Å². The van der Waals surface area contributed by atoms with Gasteiger partial charge in [0, 0.05) is 37.6 Å². The average molecular weight is 507 g/mol. The number of fused-ring (bicyclic) bond motifs is 2. The summed E-state index contributed by atoms with van der Waals surface area (Å²) in [7, 11) is 0. The summed E-state index contributed by atoms with van der Waals surface area (Å²) < 4.78 is 13.5. The lowest BCUT2D eigenvalue weighted by molar-refractivity contribution is 0.0202. The van der Waals surface area contributed by atoms with Gasteiger partial charge in [-0.25, -0.2) is 19.1 Å². The fourth-order valence-electron chi connectivity index (χ4n) is 5.05. The molecule has 0 saturated carbocycles. The normalized spacial score (nSPS) is 17.5. The maximum absolute atomic E-state index is 13.7. The van der Waals surface area contributed by atoms with Crippen molar-refractivity contribution in [3.8, 4) is 11.4 Å². The van der Waals surface area contributed by atoms with E-state index in [0.29, 0.717) is 54.5 Å². The second-order valence-corrected chi connectivity index (χ2v) is 11.1. The first kappa shape index (κ1) is 25.0. The third-order valence-electron chi connectivity index (χ3n) is 6.68. The van der Waals surface area contributed by atoms with Crippen LogP contribution in [-0.2, 0) is 4.74 Å². The molecule has 5 rings (SSSR count). The highest BCUT2D eigenvalue weighted by Gasteiger charge is 2.37. The SMILES string of the molecule is Cc1cc2c3c(nc(=O)n(-c4c(C)ccnc4C(C)C)c3n1)N1CCN(C(=O)OC(C)(C)C)C[C@@H]1CO2. The zero-order valence-corrected chi connectivity index (χ0v) is 22.5. The maximum Gasteiger partial charge on any atom is 0.410 e. The van der Waals surface area contributed by atoms with E-state index in [9.17, 15) is 9.59 Å². The van der Waals surface area contributed by atoms with E-state index < -0.39 is 11.3 Å². The van der Waals surface area contributed by atoms with Crippen LogP contribution in [0.3, 0.4) is 0 Å². The Hall–Kier alpha value is -3.69. The zero-order valence-electron chi connectivity index (χ0n) is 22.5. The molecule has 37 heavy (non-hydrogen) atoms. The van der Waals surface area contributed by atoms with Crippen molar-refractivity contribution in [3.05, 3.63) is 45.8 Å². The van der Waals surface area contributed by atoms with Gasteiger partial charge in [-0.15, -0.1) is 0 Å². The van der Waals surface area contributed by atoms with Crippen molar-refractivity contribution in [1.82, 2.24) is 24.4 Å². The highest BCUT2D eigenvalue weighted by molar-refractivity contribution is 5.94. The number of ether oxygens (including phenoxy) is 2. The minimum absolute atomic E-state index is 0.0954. The van der Waals surface area contributed by atoms with Gasteiger partial charge < -0.3 is 19.3 Å². The van der Waals surface area contributed by atoms with Gasteiger partial charge in [-0.05, 0) is 52.2 Å². The van der Waals surface area contributed by atoms with Crippen molar-refractivity contribution in [1.29, 1.82) is 0 Å². The van der Waals surface area contributed by atoms with Gasteiger partial charge in [0.25, 0.3) is 0 Å². The Morgan fingerprint density at radius 1 is 1.19 bits per heavy atom. The molecule has 1 amide bonds. The molecule has 0 spiro atoms. The van der Waals surface area contributed by atoms with Crippen LogP contribution >= 0.6 is 0 Å². The van der Waals surface area contributed by atoms with E-state index in [1.165, 1.54) is 0 Å². The Labute approximate surface area is 216 Å². The molecule has 3 aromatic heterocycles. The van der Waals surface area contributed by atoms with Gasteiger partial charge in [-0.3, -0.25) is 4.98 Å². The molecule has 10 nitrogen and oxygen atoms in total. The standard InChI is InChI=1S/C27H34N6O4/c1-15(2)21-22(16(3)8-9-28-21)33-24-20-19(12-17(4)29-24)36-14-18-13-31(26(35)37-27(5,6)7)10-11-32(18)23(20)30-25(33)34/h8-9,12,15,18H,10-11,13-14H2,1-7H3/t18-/m1/s1. The average Bonchev–Trinajstić information content (AvgIpc) is 2.95. The summed E-state index contributed by atoms with van der Waals surface area (Å²) in [5.41, 5.74) is 2.67. The van der Waals surface area contributed by atoms with Gasteiger partial charge in [0.15, 0.2) is 5.65 Å². The number of hydrogen-bond acceptors (Lipinski definition) is 8. The number of carbonyl (C=O) groups excluding carboxylic acids is 1. The zero-order chi connectivity index (χ0) is 26.6. The van der Waals surface area contributed by atoms with E-state index in [2.05, 4.69) is 28.7 Å². The number of rotatable bonds is 2. The van der Waals surface area contributed by atoms with Gasteiger partial charge in [-0.1, -0.05) is 13.8 Å². The van der Waals surface area contributed by atoms with Crippen LogP contribution in [0.5, 0.6) is 5.75 Å². The molecule has 0 radical (unpaired) electrons. The number of piperazine rings is 1. The smallest absolute Gasteiger partial charge is 0.410 e. The minimum Gasteiger partial charge on any atom is -0.490 e. The number of anilines is 1. The van der Waals surface area contributed by atoms with Crippen molar-refractivity contribution >= 4 is 22.9 Å². The van der Waals surface area contributed by atoms with Crippen molar-refractivity contribution in [2.24, 2.45) is 0 Å². The van der Waals surface area contributed by atoms with Crippen LogP contribution in [0.2, 0.25) is 0 Å². The number of hydrogen-bond donors (Lipinski definition) is 0. The molecular weight excluding hydrogens is 472 g/mol. The summed E-state index contributed by atoms with van der Waals surface area (Å²) in [5.74, 6) is 1.26. The first-order chi connectivity index (χ1) is 17.4. The summed E-state index contributed by atoms with van der Waals surface area (Å²) in [6.45, 7) is 15.2. The summed E-state index contributed by atoms with van der Waals surface area (Å²) in [6.07, 6.45) is 1.41. The second-order valence-electron chi connectivity index (χ2n) is 11.1. The Balaban J connectivity index is 1.65. The van der Waals surface area contributed by atoms with Gasteiger partial charge in [0.05, 0.1) is 17.4 Å². The first-order valence-electron chi connectivity index (χ1n) is 12.7. The molecular formula is C27H34N6O4. The predicted octanol–water partition coefficient (Wildman–Crippen LogP) is 3.73. The Bertz CT molecular complexity index is 1440. The van der Waals surface area contributed by atoms with Gasteiger partial charge in [-0.2, -0.15) is 4.98 Å². The van der Waals surface area contributed by atoms with Gasteiger partial charge in [0.1, 0.15) is 29.2 Å². The molecule has 5 heterocycles. The summed E-state index contributed by atoms with van der Waals surface area (Å²) in [6, 6.07) is 3.59. The van der Waals surface area contributed by atoms with Crippen LogP contribution < -0.4 is 15.3 Å². The molecule has 1 atom stereocenters. The molecule has 196 valence electrons. The summed E-state index contributed by atoms with van der Waals surface area (Å²) in [4.78, 5) is 44.3. The monoisotopic (exact) mass is 506 g/mol. The quantitative estimate of drug-likeness (QED) is 0.518. The molecule has 2 aliphatic rings. The lowest BCUT2D eigenvalue weighted by atomic mass is 10.0. The van der Waals surface area contributed by atoms with Crippen molar-refractivity contribution < 1.29 is 14.3 Å². The molecule has 3 aromatic rings. The number of carbonyl (C=O) groups is 1. The van der Waals surface area contributed by atoms with E-state index in [-0.39, 0.29) is 18.1 Å². The summed E-state index contributed by atoms with van der Waals surface area (Å²) >= 11 is 0. The van der Waals surface area contributed by atoms with Crippen molar-refractivity contribution in [3.63, 3.8) is 0 Å². The number of amides is 1. The van der Waals surface area contributed by atoms with E-state index in [0.717, 1.165) is 17.0 Å². The van der Waals surface area contributed by atoms with E-state index in [1.807, 2.05) is 46.8 Å². The first-order valence-corrected chi connectivity index (χ1v) is 12.7. The third-order valence-corrected chi connectivity index (χ3v) is 6.68. The number of aromatic nitrogens is 4. The fraction of sp³-hybridized carbons (Fsp3) is 0.519. The summed E-state index contributed by atoms with van der Waals surface area (Å²) in [5, 5.41) is 0.691. The highest BCUT2D eigenvalue weighted by Crippen LogP contribution is 2.38. The highest BCUT2D eigenvalue weighted by atomic mass is 16.6. The van der Waals surface area contributed by atoms with Crippen LogP contribution in [0.25, 0.3) is 16.7 Å². The minimum atomic E-state index is -0.578. The lowest BCUT2D eigenvalue weighted by Gasteiger charge is -2.41. The number of pyridine rings is 2.